The molecule has 1 aromatic rings. The molecular formula is C15H22N2O3. The van der Waals surface area contributed by atoms with Crippen molar-refractivity contribution in [1.82, 2.24) is 10.2 Å². The molecule has 110 valence electrons. The van der Waals surface area contributed by atoms with E-state index >= 15 is 0 Å². The number of carboxylic acids is 1. The van der Waals surface area contributed by atoms with Gasteiger partial charge in [-0.25, -0.2) is 0 Å². The van der Waals surface area contributed by atoms with Gasteiger partial charge in [0.2, 0.25) is 5.91 Å². The summed E-state index contributed by atoms with van der Waals surface area (Å²) in [5.74, 6) is -1.11. The van der Waals surface area contributed by atoms with Crippen molar-refractivity contribution in [2.24, 2.45) is 0 Å². The number of hydrogen-bond acceptors (Lipinski definition) is 3. The van der Waals surface area contributed by atoms with Gasteiger partial charge >= 0.3 is 5.97 Å². The summed E-state index contributed by atoms with van der Waals surface area (Å²) in [5, 5.41) is 12.2. The number of carbonyl (C=O) groups excluding carboxylic acids is 1. The zero-order valence-corrected chi connectivity index (χ0v) is 12.2. The number of nitrogens with one attached hydrogen (secondary N) is 1. The monoisotopic (exact) mass is 278 g/mol. The van der Waals surface area contributed by atoms with Crippen molar-refractivity contribution in [2.45, 2.75) is 32.9 Å². The van der Waals surface area contributed by atoms with Crippen LogP contribution in [-0.4, -0.2) is 41.0 Å². The van der Waals surface area contributed by atoms with Crippen molar-refractivity contribution in [3.05, 3.63) is 35.9 Å². The van der Waals surface area contributed by atoms with E-state index in [0.29, 0.717) is 12.1 Å². The van der Waals surface area contributed by atoms with Gasteiger partial charge < -0.3 is 10.4 Å². The van der Waals surface area contributed by atoms with Crippen LogP contribution in [0.3, 0.4) is 0 Å². The summed E-state index contributed by atoms with van der Waals surface area (Å²) >= 11 is 0. The molecule has 5 nitrogen and oxygen atoms in total. The van der Waals surface area contributed by atoms with E-state index in [2.05, 4.69) is 5.32 Å². The Hall–Kier alpha value is -1.88. The minimum Gasteiger partial charge on any atom is -0.480 e. The van der Waals surface area contributed by atoms with Crippen LogP contribution in [0.25, 0.3) is 0 Å². The summed E-state index contributed by atoms with van der Waals surface area (Å²) in [6, 6.07) is 8.20. The Morgan fingerprint density at radius 2 is 1.85 bits per heavy atom. The lowest BCUT2D eigenvalue weighted by molar-refractivity contribution is -0.144. The molecule has 0 radical (unpaired) electrons. The maximum atomic E-state index is 11.8. The lowest BCUT2D eigenvalue weighted by Crippen LogP contribution is -2.43. The molecule has 1 unspecified atom stereocenters. The molecule has 0 heterocycles. The summed E-state index contributed by atoms with van der Waals surface area (Å²) in [6.45, 7) is 6.15. The molecule has 2 N–H and O–H groups in total. The van der Waals surface area contributed by atoms with E-state index < -0.39 is 12.0 Å². The fraction of sp³-hybridized carbons (Fsp3) is 0.467. The molecule has 0 saturated carbocycles. The molecular weight excluding hydrogens is 256 g/mol. The predicted molar refractivity (Wildman–Crippen MR) is 77.3 cm³/mol. The Bertz CT molecular complexity index is 446. The molecule has 0 aliphatic rings. The standard InChI is InChI=1S/C15H22N2O3/c1-4-17(10-13(18)16-11(2)3)14(15(19)20)12-8-6-5-7-9-12/h5-9,11,14H,4,10H2,1-3H3,(H,16,18)(H,19,20). The quantitative estimate of drug-likeness (QED) is 0.796. The minimum atomic E-state index is -0.949. The molecule has 0 aromatic heterocycles. The SMILES string of the molecule is CCN(CC(=O)NC(C)C)C(C(=O)O)c1ccccc1. The van der Waals surface area contributed by atoms with Crippen LogP contribution in [0.15, 0.2) is 30.3 Å². The third-order valence-electron chi connectivity index (χ3n) is 2.92. The first kappa shape index (κ1) is 16.2. The zero-order valence-electron chi connectivity index (χ0n) is 12.2. The van der Waals surface area contributed by atoms with Crippen LogP contribution in [0.1, 0.15) is 32.4 Å². The van der Waals surface area contributed by atoms with Gasteiger partial charge in [0.15, 0.2) is 0 Å². The number of hydrogen-bond donors (Lipinski definition) is 2. The number of nitrogens with zero attached hydrogens (tertiary/aromatic N) is 1. The molecule has 0 bridgehead atoms. The van der Waals surface area contributed by atoms with Gasteiger partial charge in [-0.1, -0.05) is 37.3 Å². The van der Waals surface area contributed by atoms with E-state index in [0.717, 1.165) is 0 Å². The van der Waals surface area contributed by atoms with Crippen molar-refractivity contribution in [2.75, 3.05) is 13.1 Å². The number of rotatable bonds is 7. The maximum Gasteiger partial charge on any atom is 0.325 e. The molecule has 5 heteroatoms. The van der Waals surface area contributed by atoms with Crippen molar-refractivity contribution >= 4 is 11.9 Å². The minimum absolute atomic E-state index is 0.0428. The number of likely N-dealkylation sites (N-methyl/N-ethyl adjacent to an activating group) is 1. The second-order valence-corrected chi connectivity index (χ2v) is 4.94. The van der Waals surface area contributed by atoms with Gasteiger partial charge in [-0.05, 0) is 26.0 Å². The molecule has 0 aliphatic heterocycles. The molecule has 0 saturated heterocycles. The highest BCUT2D eigenvalue weighted by Crippen LogP contribution is 2.20. The molecule has 1 rings (SSSR count). The van der Waals surface area contributed by atoms with E-state index in [1.807, 2.05) is 26.8 Å². The molecule has 1 amide bonds. The summed E-state index contributed by atoms with van der Waals surface area (Å²) in [5.41, 5.74) is 0.680. The van der Waals surface area contributed by atoms with E-state index in [1.165, 1.54) is 0 Å². The lowest BCUT2D eigenvalue weighted by atomic mass is 10.1. The lowest BCUT2D eigenvalue weighted by Gasteiger charge is -2.27. The van der Waals surface area contributed by atoms with Gasteiger partial charge in [0.25, 0.3) is 0 Å². The average molecular weight is 278 g/mol. The highest BCUT2D eigenvalue weighted by molar-refractivity contribution is 5.80. The van der Waals surface area contributed by atoms with Crippen molar-refractivity contribution in [3.63, 3.8) is 0 Å². The van der Waals surface area contributed by atoms with Crippen LogP contribution in [0.2, 0.25) is 0 Å². The van der Waals surface area contributed by atoms with Gasteiger partial charge in [0, 0.05) is 6.04 Å². The zero-order chi connectivity index (χ0) is 15.1. The smallest absolute Gasteiger partial charge is 0.325 e. The summed E-state index contributed by atoms with van der Waals surface area (Å²) in [6.07, 6.45) is 0. The summed E-state index contributed by atoms with van der Waals surface area (Å²) in [7, 11) is 0. The Morgan fingerprint density at radius 1 is 1.25 bits per heavy atom. The molecule has 20 heavy (non-hydrogen) atoms. The van der Waals surface area contributed by atoms with Gasteiger partial charge in [-0.2, -0.15) is 0 Å². The predicted octanol–water partition coefficient (Wildman–Crippen LogP) is 1.66. The average Bonchev–Trinajstić information content (AvgIpc) is 2.37. The number of carboxylic acid groups (broad SMARTS) is 1. The van der Waals surface area contributed by atoms with E-state index in [-0.39, 0.29) is 18.5 Å². The third kappa shape index (κ3) is 4.66. The van der Waals surface area contributed by atoms with E-state index in [9.17, 15) is 14.7 Å². The Kier molecular flexibility index (Phi) is 6.18. The van der Waals surface area contributed by atoms with Crippen molar-refractivity contribution in [3.8, 4) is 0 Å². The van der Waals surface area contributed by atoms with Gasteiger partial charge in [0.1, 0.15) is 6.04 Å². The van der Waals surface area contributed by atoms with Crippen molar-refractivity contribution < 1.29 is 14.7 Å². The van der Waals surface area contributed by atoms with E-state index in [1.54, 1.807) is 29.2 Å². The number of benzene rings is 1. The molecule has 0 aliphatic carbocycles. The molecule has 1 aromatic carbocycles. The largest absolute Gasteiger partial charge is 0.480 e. The van der Waals surface area contributed by atoms with Crippen LogP contribution in [0.4, 0.5) is 0 Å². The van der Waals surface area contributed by atoms with Crippen LogP contribution in [0.5, 0.6) is 0 Å². The van der Waals surface area contributed by atoms with E-state index in [4.69, 9.17) is 0 Å². The van der Waals surface area contributed by atoms with Gasteiger partial charge in [0.05, 0.1) is 6.54 Å². The topological polar surface area (TPSA) is 69.6 Å². The number of amides is 1. The molecule has 1 atom stereocenters. The first-order chi connectivity index (χ1) is 9.45. The highest BCUT2D eigenvalue weighted by atomic mass is 16.4. The van der Waals surface area contributed by atoms with Crippen LogP contribution in [0, 0.1) is 0 Å². The summed E-state index contributed by atoms with van der Waals surface area (Å²) < 4.78 is 0. The van der Waals surface area contributed by atoms with Gasteiger partial charge in [-0.3, -0.25) is 14.5 Å². The maximum absolute atomic E-state index is 11.8. The first-order valence-electron chi connectivity index (χ1n) is 6.76. The second kappa shape index (κ2) is 7.65. The highest BCUT2D eigenvalue weighted by Gasteiger charge is 2.27. The van der Waals surface area contributed by atoms with Crippen LogP contribution in [-0.2, 0) is 9.59 Å². The number of carbonyl (C=O) groups is 2. The fourth-order valence-electron chi connectivity index (χ4n) is 2.08. The van der Waals surface area contributed by atoms with Crippen LogP contribution >= 0.6 is 0 Å². The fourth-order valence-corrected chi connectivity index (χ4v) is 2.08. The number of aliphatic carboxylic acids is 1. The third-order valence-corrected chi connectivity index (χ3v) is 2.92. The summed E-state index contributed by atoms with van der Waals surface area (Å²) in [4.78, 5) is 25.0. The Balaban J connectivity index is 2.88. The van der Waals surface area contributed by atoms with Crippen molar-refractivity contribution in [1.29, 1.82) is 0 Å². The molecule has 0 fully saturated rings. The van der Waals surface area contributed by atoms with Crippen LogP contribution < -0.4 is 5.32 Å². The first-order valence-corrected chi connectivity index (χ1v) is 6.76. The second-order valence-electron chi connectivity index (χ2n) is 4.94. The molecule has 0 spiro atoms. The normalized spacial score (nSPS) is 12.4. The Labute approximate surface area is 119 Å². The Morgan fingerprint density at radius 3 is 2.30 bits per heavy atom. The van der Waals surface area contributed by atoms with Gasteiger partial charge in [-0.15, -0.1) is 0 Å².